The predicted octanol–water partition coefficient (Wildman–Crippen LogP) is 20.2. The molecule has 9 nitrogen and oxygen atoms in total. The first-order valence-corrected chi connectivity index (χ1v) is 33.1. The predicted molar refractivity (Wildman–Crippen MR) is 335 cm³/mol. The standard InChI is InChI=1S/C68H118NO8P/c1-6-8-10-12-14-16-18-20-22-24-26-27-28-29-30-31-32-33-34-35-36-37-38-39-40-41-43-45-47-49-51-53-55-57-59-61-68(71)77-66(65-76-78(72,73)75-63-62-69(3,4)5)64-74-67(70)60-58-56-54-52-50-48-46-44-42-25-23-21-19-17-15-13-11-9-7-2/h8,10,14,16,20,22,26-27,29-30,32-33,35-36,38-39,41,43,66H,6-7,9,11-13,15,17-19,21,23-25,28,31,34,37,40,42,44-65H2,1-5H3/p+1/b10-8-,16-14-,22-20-,27-26-,30-29-,33-32-,36-35-,39-38-,43-41-. The van der Waals surface area contributed by atoms with Crippen molar-refractivity contribution in [1.82, 2.24) is 0 Å². The van der Waals surface area contributed by atoms with Crippen LogP contribution in [-0.2, 0) is 32.7 Å². The molecule has 0 bridgehead atoms. The normalized spacial score (nSPS) is 14.0. The highest BCUT2D eigenvalue weighted by molar-refractivity contribution is 7.47. The van der Waals surface area contributed by atoms with Crippen LogP contribution in [0.4, 0.5) is 0 Å². The molecule has 10 heteroatoms. The summed E-state index contributed by atoms with van der Waals surface area (Å²) in [5.74, 6) is -0.808. The Morgan fingerprint density at radius 2 is 0.731 bits per heavy atom. The van der Waals surface area contributed by atoms with Crippen molar-refractivity contribution in [2.75, 3.05) is 47.5 Å². The Morgan fingerprint density at radius 1 is 0.410 bits per heavy atom. The minimum atomic E-state index is -4.40. The van der Waals surface area contributed by atoms with Gasteiger partial charge >= 0.3 is 19.8 Å². The van der Waals surface area contributed by atoms with Gasteiger partial charge in [-0.1, -0.05) is 271 Å². The Hall–Kier alpha value is -3.33. The Morgan fingerprint density at radius 3 is 1.09 bits per heavy atom. The van der Waals surface area contributed by atoms with Gasteiger partial charge in [-0.2, -0.15) is 0 Å². The van der Waals surface area contributed by atoms with Crippen LogP contribution in [0.25, 0.3) is 0 Å². The molecule has 0 aliphatic heterocycles. The number of ether oxygens (including phenoxy) is 2. The van der Waals surface area contributed by atoms with E-state index in [1.165, 1.54) is 122 Å². The van der Waals surface area contributed by atoms with Crippen molar-refractivity contribution >= 4 is 19.8 Å². The van der Waals surface area contributed by atoms with Gasteiger partial charge in [0.15, 0.2) is 6.10 Å². The van der Waals surface area contributed by atoms with Gasteiger partial charge in [-0.25, -0.2) is 4.57 Å². The number of carbonyl (C=O) groups excluding carboxylic acids is 2. The third-order valence-corrected chi connectivity index (χ3v) is 14.3. The molecule has 0 fully saturated rings. The topological polar surface area (TPSA) is 108 Å². The zero-order valence-corrected chi connectivity index (χ0v) is 51.8. The first-order chi connectivity index (χ1) is 38.0. The lowest BCUT2D eigenvalue weighted by atomic mass is 10.0. The molecule has 0 saturated heterocycles. The van der Waals surface area contributed by atoms with E-state index in [1.54, 1.807) is 0 Å². The minimum Gasteiger partial charge on any atom is -0.462 e. The average molecular weight is 1110 g/mol. The van der Waals surface area contributed by atoms with Crippen LogP contribution in [-0.4, -0.2) is 74.9 Å². The number of phosphoric acid groups is 1. The van der Waals surface area contributed by atoms with Gasteiger partial charge in [-0.15, -0.1) is 0 Å². The van der Waals surface area contributed by atoms with E-state index in [-0.39, 0.29) is 32.0 Å². The maximum Gasteiger partial charge on any atom is 0.472 e. The smallest absolute Gasteiger partial charge is 0.462 e. The van der Waals surface area contributed by atoms with Crippen LogP contribution in [0.5, 0.6) is 0 Å². The molecule has 0 aromatic carbocycles. The summed E-state index contributed by atoms with van der Waals surface area (Å²) in [7, 11) is 1.46. The first kappa shape index (κ1) is 74.7. The summed E-state index contributed by atoms with van der Waals surface area (Å²) in [6, 6.07) is 0. The molecular formula is C68H119NO8P+. The zero-order valence-electron chi connectivity index (χ0n) is 50.9. The number of unbranched alkanes of at least 4 members (excludes halogenated alkanes) is 25. The molecular weight excluding hydrogens is 990 g/mol. The molecule has 0 aliphatic rings. The fraction of sp³-hybridized carbons (Fsp3) is 0.706. The van der Waals surface area contributed by atoms with Crippen molar-refractivity contribution in [2.45, 2.75) is 264 Å². The molecule has 0 rings (SSSR count). The van der Waals surface area contributed by atoms with E-state index >= 15 is 0 Å². The molecule has 0 heterocycles. The summed E-state index contributed by atoms with van der Waals surface area (Å²) in [5, 5.41) is 0. The van der Waals surface area contributed by atoms with E-state index in [1.807, 2.05) is 21.1 Å². The van der Waals surface area contributed by atoms with E-state index in [0.29, 0.717) is 17.4 Å². The van der Waals surface area contributed by atoms with Gasteiger partial charge in [-0.3, -0.25) is 18.6 Å². The van der Waals surface area contributed by atoms with Crippen LogP contribution in [0.2, 0.25) is 0 Å². The number of phosphoric ester groups is 1. The lowest BCUT2D eigenvalue weighted by molar-refractivity contribution is -0.870. The fourth-order valence-corrected chi connectivity index (χ4v) is 9.22. The van der Waals surface area contributed by atoms with Crippen molar-refractivity contribution < 1.29 is 42.1 Å². The number of rotatable bonds is 57. The molecule has 2 atom stereocenters. The monoisotopic (exact) mass is 1110 g/mol. The summed E-state index contributed by atoms with van der Waals surface area (Å²) in [5.41, 5.74) is 0. The van der Waals surface area contributed by atoms with Crippen LogP contribution in [0, 0.1) is 0 Å². The van der Waals surface area contributed by atoms with Gasteiger partial charge in [0.25, 0.3) is 0 Å². The van der Waals surface area contributed by atoms with Crippen molar-refractivity contribution in [1.29, 1.82) is 0 Å². The molecule has 78 heavy (non-hydrogen) atoms. The van der Waals surface area contributed by atoms with Crippen molar-refractivity contribution in [2.24, 2.45) is 0 Å². The van der Waals surface area contributed by atoms with E-state index in [2.05, 4.69) is 123 Å². The SMILES string of the molecule is CC/C=C\C/C=C\C/C=C\C/C=C\C/C=C\C/C=C\C/C=C\C/C=C\C/C=C\CCCCCCCCCC(=O)OC(COC(=O)CCCCCCCCCCCCCCCCCCCCC)COP(=O)(O)OCC[N+](C)(C)C. The molecule has 0 aromatic heterocycles. The van der Waals surface area contributed by atoms with Crippen LogP contribution >= 0.6 is 7.82 Å². The summed E-state index contributed by atoms with van der Waals surface area (Å²) >= 11 is 0. The summed E-state index contributed by atoms with van der Waals surface area (Å²) in [6.07, 6.45) is 81.6. The van der Waals surface area contributed by atoms with Crippen LogP contribution in [0.3, 0.4) is 0 Å². The second-order valence-corrected chi connectivity index (χ2v) is 23.5. The molecule has 2 unspecified atom stereocenters. The highest BCUT2D eigenvalue weighted by Gasteiger charge is 2.27. The van der Waals surface area contributed by atoms with E-state index in [9.17, 15) is 19.0 Å². The molecule has 1 N–H and O–H groups in total. The number of allylic oxidation sites excluding steroid dienone is 18. The molecule has 0 aliphatic carbocycles. The van der Waals surface area contributed by atoms with Gasteiger partial charge < -0.3 is 18.9 Å². The average Bonchev–Trinajstić information content (AvgIpc) is 3.41. The fourth-order valence-electron chi connectivity index (χ4n) is 8.48. The maximum absolute atomic E-state index is 12.8. The summed E-state index contributed by atoms with van der Waals surface area (Å²) < 4.78 is 34.6. The molecule has 448 valence electrons. The van der Waals surface area contributed by atoms with Crippen LogP contribution in [0.1, 0.15) is 258 Å². The van der Waals surface area contributed by atoms with Gasteiger partial charge in [0, 0.05) is 12.8 Å². The lowest BCUT2D eigenvalue weighted by Crippen LogP contribution is -2.37. The highest BCUT2D eigenvalue weighted by atomic mass is 31.2. The zero-order chi connectivity index (χ0) is 57.0. The lowest BCUT2D eigenvalue weighted by Gasteiger charge is -2.24. The van der Waals surface area contributed by atoms with Crippen molar-refractivity contribution in [3.05, 3.63) is 109 Å². The molecule has 0 spiro atoms. The van der Waals surface area contributed by atoms with E-state index < -0.39 is 26.5 Å². The summed E-state index contributed by atoms with van der Waals surface area (Å²) in [4.78, 5) is 35.8. The number of hydrogen-bond acceptors (Lipinski definition) is 7. The van der Waals surface area contributed by atoms with E-state index in [4.69, 9.17) is 18.5 Å². The molecule has 0 saturated carbocycles. The number of likely N-dealkylation sites (N-methyl/N-ethyl adjacent to an activating group) is 1. The van der Waals surface area contributed by atoms with Gasteiger partial charge in [-0.05, 0) is 83.5 Å². The maximum atomic E-state index is 12.8. The Labute approximate surface area is 480 Å². The highest BCUT2D eigenvalue weighted by Crippen LogP contribution is 2.43. The molecule has 0 radical (unpaired) electrons. The Bertz CT molecular complexity index is 1680. The van der Waals surface area contributed by atoms with Crippen molar-refractivity contribution in [3.63, 3.8) is 0 Å². The second-order valence-electron chi connectivity index (χ2n) is 22.1. The Balaban J connectivity index is 4.16. The van der Waals surface area contributed by atoms with E-state index in [0.717, 1.165) is 103 Å². The summed E-state index contributed by atoms with van der Waals surface area (Å²) in [6.45, 7) is 4.32. The minimum absolute atomic E-state index is 0.0256. The van der Waals surface area contributed by atoms with Crippen LogP contribution in [0.15, 0.2) is 109 Å². The number of esters is 2. The number of carbonyl (C=O) groups is 2. The van der Waals surface area contributed by atoms with Crippen molar-refractivity contribution in [3.8, 4) is 0 Å². The molecule has 0 amide bonds. The second kappa shape index (κ2) is 58.3. The number of quaternary nitrogens is 1. The molecule has 0 aromatic rings. The largest absolute Gasteiger partial charge is 0.472 e. The Kier molecular flexibility index (Phi) is 55.8. The van der Waals surface area contributed by atoms with Crippen LogP contribution < -0.4 is 0 Å². The van der Waals surface area contributed by atoms with Gasteiger partial charge in [0.05, 0.1) is 27.7 Å². The van der Waals surface area contributed by atoms with Gasteiger partial charge in [0.2, 0.25) is 0 Å². The third kappa shape index (κ3) is 61.9. The third-order valence-electron chi connectivity index (χ3n) is 13.3. The quantitative estimate of drug-likeness (QED) is 0.0211. The van der Waals surface area contributed by atoms with Gasteiger partial charge in [0.1, 0.15) is 19.8 Å². The number of hydrogen-bond donors (Lipinski definition) is 1. The number of nitrogens with zero attached hydrogens (tertiary/aromatic N) is 1. The first-order valence-electron chi connectivity index (χ1n) is 31.6.